The Hall–Kier alpha value is -1.46. The SMILES string of the molecule is Cc1ccc(F)cc1CN1CCNCC1C(=O)N(C)C. The van der Waals surface area contributed by atoms with E-state index in [1.807, 2.05) is 6.92 Å². The predicted molar refractivity (Wildman–Crippen MR) is 76.9 cm³/mol. The van der Waals surface area contributed by atoms with Crippen LogP contribution < -0.4 is 5.32 Å². The van der Waals surface area contributed by atoms with E-state index < -0.39 is 0 Å². The van der Waals surface area contributed by atoms with Crippen LogP contribution in [0.5, 0.6) is 0 Å². The molecule has 0 aliphatic carbocycles. The predicted octanol–water partition coefficient (Wildman–Crippen LogP) is 0.996. The molecule has 1 aliphatic rings. The highest BCUT2D eigenvalue weighted by Gasteiger charge is 2.29. The molecular weight excluding hydrogens is 257 g/mol. The van der Waals surface area contributed by atoms with Crippen molar-refractivity contribution in [2.24, 2.45) is 0 Å². The maximum absolute atomic E-state index is 13.4. The summed E-state index contributed by atoms with van der Waals surface area (Å²) in [5.41, 5.74) is 2.00. The molecule has 1 fully saturated rings. The fraction of sp³-hybridized carbons (Fsp3) is 0.533. The van der Waals surface area contributed by atoms with Gasteiger partial charge in [0.2, 0.25) is 5.91 Å². The van der Waals surface area contributed by atoms with Crippen LogP contribution in [0.2, 0.25) is 0 Å². The Labute approximate surface area is 119 Å². The molecule has 1 heterocycles. The Balaban J connectivity index is 2.16. The summed E-state index contributed by atoms with van der Waals surface area (Å²) in [6, 6.07) is 4.64. The van der Waals surface area contributed by atoms with Gasteiger partial charge in [-0.25, -0.2) is 4.39 Å². The molecule has 20 heavy (non-hydrogen) atoms. The van der Waals surface area contributed by atoms with Crippen molar-refractivity contribution < 1.29 is 9.18 Å². The van der Waals surface area contributed by atoms with Crippen LogP contribution in [-0.4, -0.2) is 55.5 Å². The number of carbonyl (C=O) groups excluding carboxylic acids is 1. The van der Waals surface area contributed by atoms with E-state index in [2.05, 4.69) is 10.2 Å². The summed E-state index contributed by atoms with van der Waals surface area (Å²) < 4.78 is 13.4. The fourth-order valence-electron chi connectivity index (χ4n) is 2.51. The van der Waals surface area contributed by atoms with E-state index in [1.165, 1.54) is 6.07 Å². The Morgan fingerprint density at radius 3 is 2.95 bits per heavy atom. The minimum atomic E-state index is -0.226. The van der Waals surface area contributed by atoms with E-state index in [0.29, 0.717) is 13.1 Å². The second-order valence-corrected chi connectivity index (χ2v) is 5.49. The summed E-state index contributed by atoms with van der Waals surface area (Å²) in [4.78, 5) is 16.0. The van der Waals surface area contributed by atoms with Gasteiger partial charge in [-0.3, -0.25) is 9.69 Å². The molecular formula is C15H22FN3O. The van der Waals surface area contributed by atoms with Crippen LogP contribution in [-0.2, 0) is 11.3 Å². The molecule has 5 heteroatoms. The number of amides is 1. The lowest BCUT2D eigenvalue weighted by Gasteiger charge is -2.36. The smallest absolute Gasteiger partial charge is 0.240 e. The summed E-state index contributed by atoms with van der Waals surface area (Å²) in [7, 11) is 3.53. The Morgan fingerprint density at radius 1 is 1.50 bits per heavy atom. The first-order valence-corrected chi connectivity index (χ1v) is 6.90. The first kappa shape index (κ1) is 14.9. The highest BCUT2D eigenvalue weighted by atomic mass is 19.1. The average molecular weight is 279 g/mol. The molecule has 1 N–H and O–H groups in total. The number of nitrogens with one attached hydrogen (secondary N) is 1. The van der Waals surface area contributed by atoms with Gasteiger partial charge in [0, 0.05) is 40.3 Å². The van der Waals surface area contributed by atoms with Crippen molar-refractivity contribution in [3.63, 3.8) is 0 Å². The first-order valence-electron chi connectivity index (χ1n) is 6.90. The van der Waals surface area contributed by atoms with Crippen LogP contribution in [0.4, 0.5) is 4.39 Å². The summed E-state index contributed by atoms with van der Waals surface area (Å²) in [6.07, 6.45) is 0. The van der Waals surface area contributed by atoms with Crippen molar-refractivity contribution in [3.05, 3.63) is 35.1 Å². The van der Waals surface area contributed by atoms with Gasteiger partial charge < -0.3 is 10.2 Å². The van der Waals surface area contributed by atoms with Gasteiger partial charge in [0.05, 0.1) is 0 Å². The summed E-state index contributed by atoms with van der Waals surface area (Å²) in [5, 5.41) is 3.25. The number of hydrogen-bond donors (Lipinski definition) is 1. The maximum Gasteiger partial charge on any atom is 0.240 e. The molecule has 2 rings (SSSR count). The number of rotatable bonds is 3. The second kappa shape index (κ2) is 6.33. The zero-order valence-corrected chi connectivity index (χ0v) is 12.3. The number of hydrogen-bond acceptors (Lipinski definition) is 3. The van der Waals surface area contributed by atoms with Crippen LogP contribution in [0.15, 0.2) is 18.2 Å². The van der Waals surface area contributed by atoms with Crippen LogP contribution in [0.1, 0.15) is 11.1 Å². The normalized spacial score (nSPS) is 19.9. The average Bonchev–Trinajstić information content (AvgIpc) is 2.42. The third kappa shape index (κ3) is 3.35. The van der Waals surface area contributed by atoms with Gasteiger partial charge in [0.15, 0.2) is 0 Å². The van der Waals surface area contributed by atoms with Crippen molar-refractivity contribution in [1.29, 1.82) is 0 Å². The molecule has 0 aromatic heterocycles. The third-order valence-corrected chi connectivity index (χ3v) is 3.76. The maximum atomic E-state index is 13.4. The molecule has 110 valence electrons. The zero-order chi connectivity index (χ0) is 14.7. The van der Waals surface area contributed by atoms with Crippen molar-refractivity contribution in [2.45, 2.75) is 19.5 Å². The number of halogens is 1. The number of carbonyl (C=O) groups is 1. The molecule has 0 saturated carbocycles. The lowest BCUT2D eigenvalue weighted by atomic mass is 10.1. The van der Waals surface area contributed by atoms with E-state index in [0.717, 1.165) is 24.2 Å². The fourth-order valence-corrected chi connectivity index (χ4v) is 2.51. The monoisotopic (exact) mass is 279 g/mol. The van der Waals surface area contributed by atoms with Crippen LogP contribution in [0.3, 0.4) is 0 Å². The highest BCUT2D eigenvalue weighted by Crippen LogP contribution is 2.16. The third-order valence-electron chi connectivity index (χ3n) is 3.76. The second-order valence-electron chi connectivity index (χ2n) is 5.49. The summed E-state index contributed by atoms with van der Waals surface area (Å²) in [5.74, 6) is -0.137. The molecule has 1 aromatic carbocycles. The summed E-state index contributed by atoms with van der Waals surface area (Å²) >= 11 is 0. The topological polar surface area (TPSA) is 35.6 Å². The van der Waals surface area contributed by atoms with Crippen LogP contribution >= 0.6 is 0 Å². The lowest BCUT2D eigenvalue weighted by Crippen LogP contribution is -2.57. The lowest BCUT2D eigenvalue weighted by molar-refractivity contribution is -0.135. The minimum absolute atomic E-state index is 0.0891. The van der Waals surface area contributed by atoms with Gasteiger partial charge >= 0.3 is 0 Å². The first-order chi connectivity index (χ1) is 9.49. The molecule has 1 unspecified atom stereocenters. The van der Waals surface area contributed by atoms with Crippen molar-refractivity contribution in [1.82, 2.24) is 15.1 Å². The molecule has 1 atom stereocenters. The van der Waals surface area contributed by atoms with Gasteiger partial charge in [-0.05, 0) is 30.2 Å². The van der Waals surface area contributed by atoms with Crippen molar-refractivity contribution in [3.8, 4) is 0 Å². The van der Waals surface area contributed by atoms with Gasteiger partial charge in [-0.2, -0.15) is 0 Å². The molecule has 0 radical (unpaired) electrons. The minimum Gasteiger partial charge on any atom is -0.347 e. The number of piperazine rings is 1. The molecule has 1 saturated heterocycles. The quantitative estimate of drug-likeness (QED) is 0.896. The zero-order valence-electron chi connectivity index (χ0n) is 12.3. The standard InChI is InChI=1S/C15H22FN3O/c1-11-4-5-13(16)8-12(11)10-19-7-6-17-9-14(19)15(20)18(2)3/h4-5,8,14,17H,6-7,9-10H2,1-3H3. The molecule has 1 amide bonds. The van der Waals surface area contributed by atoms with Gasteiger partial charge in [0.1, 0.15) is 11.9 Å². The molecule has 0 spiro atoms. The molecule has 1 aliphatic heterocycles. The van der Waals surface area contributed by atoms with Crippen molar-refractivity contribution >= 4 is 5.91 Å². The van der Waals surface area contributed by atoms with E-state index in [4.69, 9.17) is 0 Å². The van der Waals surface area contributed by atoms with E-state index in [1.54, 1.807) is 31.1 Å². The number of nitrogens with zero attached hydrogens (tertiary/aromatic N) is 2. The Morgan fingerprint density at radius 2 is 2.25 bits per heavy atom. The Kier molecular flexibility index (Phi) is 4.73. The van der Waals surface area contributed by atoms with E-state index in [9.17, 15) is 9.18 Å². The molecule has 1 aromatic rings. The van der Waals surface area contributed by atoms with Crippen molar-refractivity contribution in [2.75, 3.05) is 33.7 Å². The van der Waals surface area contributed by atoms with Crippen LogP contribution in [0.25, 0.3) is 0 Å². The Bertz CT molecular complexity index is 490. The molecule has 4 nitrogen and oxygen atoms in total. The largest absolute Gasteiger partial charge is 0.347 e. The number of likely N-dealkylation sites (N-methyl/N-ethyl adjacent to an activating group) is 1. The number of aryl methyl sites for hydroxylation is 1. The van der Waals surface area contributed by atoms with Crippen LogP contribution in [0, 0.1) is 12.7 Å². The van der Waals surface area contributed by atoms with Gasteiger partial charge in [-0.1, -0.05) is 6.07 Å². The molecule has 0 bridgehead atoms. The van der Waals surface area contributed by atoms with E-state index >= 15 is 0 Å². The highest BCUT2D eigenvalue weighted by molar-refractivity contribution is 5.81. The van der Waals surface area contributed by atoms with E-state index in [-0.39, 0.29) is 17.8 Å². The summed E-state index contributed by atoms with van der Waals surface area (Å²) in [6.45, 7) is 4.87. The number of benzene rings is 1. The van der Waals surface area contributed by atoms with Gasteiger partial charge in [0.25, 0.3) is 0 Å². The van der Waals surface area contributed by atoms with Gasteiger partial charge in [-0.15, -0.1) is 0 Å².